The maximum Gasteiger partial charge on any atom is 0.410 e. The van der Waals surface area contributed by atoms with E-state index in [2.05, 4.69) is 64.3 Å². The van der Waals surface area contributed by atoms with Crippen LogP contribution in [0, 0.1) is 0 Å². The lowest BCUT2D eigenvalue weighted by molar-refractivity contribution is 0.0139. The molecule has 0 aliphatic carbocycles. The van der Waals surface area contributed by atoms with Gasteiger partial charge in [-0.3, -0.25) is 8.87 Å². The Kier molecular flexibility index (Phi) is 7.18. The van der Waals surface area contributed by atoms with E-state index >= 15 is 0 Å². The normalized spacial score (nSPS) is 15.3. The molecule has 0 bridgehead atoms. The summed E-state index contributed by atoms with van der Waals surface area (Å²) in [6.07, 6.45) is 1.26. The smallest absolute Gasteiger partial charge is 0.410 e. The number of carbonyl (C=O) groups is 1. The van der Waals surface area contributed by atoms with Crippen molar-refractivity contribution in [2.75, 3.05) is 26.2 Å². The fourth-order valence-corrected chi connectivity index (χ4v) is 5.51. The Balaban J connectivity index is 1.41. The maximum atomic E-state index is 12.3. The molecule has 0 saturated carbocycles. The van der Waals surface area contributed by atoms with E-state index in [1.165, 1.54) is 11.9 Å². The number of piperazine rings is 1. The average molecular weight is 586 g/mol. The number of hydrogen-bond acceptors (Lipinski definition) is 6. The number of rotatable bonds is 4. The number of fused-ring (bicyclic) bond motifs is 1. The summed E-state index contributed by atoms with van der Waals surface area (Å²) in [4.78, 5) is 24.9. The summed E-state index contributed by atoms with van der Waals surface area (Å²) < 4.78 is 7.55. The quantitative estimate of drug-likeness (QED) is 0.291. The van der Waals surface area contributed by atoms with Crippen LogP contribution in [-0.2, 0) is 11.3 Å². The van der Waals surface area contributed by atoms with Crippen LogP contribution in [-0.4, -0.2) is 61.6 Å². The lowest BCUT2D eigenvalue weighted by Crippen LogP contribution is -2.49. The first-order chi connectivity index (χ1) is 15.2. The van der Waals surface area contributed by atoms with Crippen molar-refractivity contribution in [3.05, 3.63) is 47.4 Å². The maximum absolute atomic E-state index is 12.3. The molecule has 0 radical (unpaired) electrons. The second kappa shape index (κ2) is 9.74. The molecule has 4 rings (SSSR count). The zero-order chi connectivity index (χ0) is 22.9. The van der Waals surface area contributed by atoms with Gasteiger partial charge in [0.25, 0.3) is 0 Å². The van der Waals surface area contributed by atoms with Crippen molar-refractivity contribution in [1.29, 1.82) is 0 Å². The molecule has 1 aliphatic rings. The highest BCUT2D eigenvalue weighted by Gasteiger charge is 2.25. The molecule has 7 nitrogen and oxygen atoms in total. The first-order valence-electron chi connectivity index (χ1n) is 10.4. The average Bonchev–Trinajstić information content (AvgIpc) is 3.13. The molecule has 1 aromatic carbocycles. The van der Waals surface area contributed by atoms with E-state index in [1.807, 2.05) is 26.8 Å². The molecule has 170 valence electrons. The minimum Gasteiger partial charge on any atom is -0.444 e. The van der Waals surface area contributed by atoms with Gasteiger partial charge in [-0.1, -0.05) is 35.9 Å². The molecule has 1 fully saturated rings. The van der Waals surface area contributed by atoms with Crippen LogP contribution in [0.2, 0.25) is 5.15 Å². The number of benzene rings is 1. The number of carbonyl (C=O) groups excluding carboxylic acids is 1. The summed E-state index contributed by atoms with van der Waals surface area (Å²) >= 11 is 8.52. The molecule has 2 aromatic heterocycles. The highest BCUT2D eigenvalue weighted by molar-refractivity contribution is 14.2. The molecule has 1 saturated heterocycles. The van der Waals surface area contributed by atoms with E-state index in [-0.39, 0.29) is 6.09 Å². The van der Waals surface area contributed by atoms with Crippen LogP contribution in [0.15, 0.2) is 36.7 Å². The Bertz CT molecular complexity index is 1110. The molecule has 0 spiro atoms. The number of amides is 1. The number of aromatic nitrogens is 3. The Morgan fingerprint density at radius 2 is 1.84 bits per heavy atom. The van der Waals surface area contributed by atoms with Gasteiger partial charge in [0.1, 0.15) is 17.1 Å². The topological polar surface area (TPSA) is 63.5 Å². The van der Waals surface area contributed by atoms with Gasteiger partial charge in [0.2, 0.25) is 0 Å². The van der Waals surface area contributed by atoms with Gasteiger partial charge in [-0.15, -0.1) is 0 Å². The van der Waals surface area contributed by atoms with Gasteiger partial charge in [0, 0.05) is 63.0 Å². The van der Waals surface area contributed by atoms with Crippen molar-refractivity contribution in [3.63, 3.8) is 0 Å². The van der Waals surface area contributed by atoms with Gasteiger partial charge >= 0.3 is 6.09 Å². The third kappa shape index (κ3) is 5.32. The van der Waals surface area contributed by atoms with Crippen molar-refractivity contribution < 1.29 is 9.53 Å². The SMILES string of the molecule is CC(C)(C)OC(=O)N1CCN(Cc2ccc(-c3cc4c(Cl)ncnc4n3SI)cc2)CC1. The van der Waals surface area contributed by atoms with Crippen molar-refractivity contribution in [3.8, 4) is 11.3 Å². The number of ether oxygens (including phenoxy) is 1. The van der Waals surface area contributed by atoms with Crippen molar-refractivity contribution in [2.24, 2.45) is 0 Å². The van der Waals surface area contributed by atoms with E-state index in [0.29, 0.717) is 18.2 Å². The van der Waals surface area contributed by atoms with E-state index in [1.54, 1.807) is 14.0 Å². The van der Waals surface area contributed by atoms with E-state index in [0.717, 1.165) is 41.9 Å². The standard InChI is InChI=1S/C22H25ClIN5O2S/c1-22(2,3)31-21(30)28-10-8-27(9-11-28)13-15-4-6-16(7-5-15)18-12-17-19(23)25-14-26-20(17)29(18)32-24/h4-7,12,14H,8-11,13H2,1-3H3. The van der Waals surface area contributed by atoms with Crippen LogP contribution in [0.3, 0.4) is 0 Å². The van der Waals surface area contributed by atoms with Gasteiger partial charge < -0.3 is 9.64 Å². The molecule has 0 unspecified atom stereocenters. The third-order valence-electron chi connectivity index (χ3n) is 5.26. The predicted molar refractivity (Wildman–Crippen MR) is 138 cm³/mol. The molecule has 1 aliphatic heterocycles. The summed E-state index contributed by atoms with van der Waals surface area (Å²) in [6.45, 7) is 9.56. The third-order valence-corrected chi connectivity index (χ3v) is 7.25. The van der Waals surface area contributed by atoms with Gasteiger partial charge in [0.05, 0.1) is 11.1 Å². The largest absolute Gasteiger partial charge is 0.444 e. The molecular formula is C22H25ClIN5O2S. The summed E-state index contributed by atoms with van der Waals surface area (Å²) in [5.74, 6) is 0. The van der Waals surface area contributed by atoms with E-state index in [4.69, 9.17) is 16.3 Å². The van der Waals surface area contributed by atoms with Gasteiger partial charge in [-0.2, -0.15) is 0 Å². The zero-order valence-corrected chi connectivity index (χ0v) is 21.9. The number of halogens is 2. The molecule has 0 N–H and O–H groups in total. The molecule has 1 amide bonds. The molecular weight excluding hydrogens is 561 g/mol. The van der Waals surface area contributed by atoms with Gasteiger partial charge in [0.15, 0.2) is 5.65 Å². The van der Waals surface area contributed by atoms with Crippen LogP contribution in [0.4, 0.5) is 4.79 Å². The minimum atomic E-state index is -0.463. The predicted octanol–water partition coefficient (Wildman–Crippen LogP) is 5.65. The van der Waals surface area contributed by atoms with Crippen molar-refractivity contribution >= 4 is 59.1 Å². The molecule has 10 heteroatoms. The minimum absolute atomic E-state index is 0.227. The highest BCUT2D eigenvalue weighted by atomic mass is 127. The van der Waals surface area contributed by atoms with E-state index in [9.17, 15) is 4.79 Å². The van der Waals surface area contributed by atoms with Crippen LogP contribution in [0.1, 0.15) is 26.3 Å². The first kappa shape index (κ1) is 23.6. The number of nitrogens with zero attached hydrogens (tertiary/aromatic N) is 5. The highest BCUT2D eigenvalue weighted by Crippen LogP contribution is 2.35. The fourth-order valence-electron chi connectivity index (χ4n) is 3.69. The summed E-state index contributed by atoms with van der Waals surface area (Å²) in [6, 6.07) is 10.6. The zero-order valence-electron chi connectivity index (χ0n) is 18.2. The van der Waals surface area contributed by atoms with E-state index < -0.39 is 5.60 Å². The number of hydrogen-bond donors (Lipinski definition) is 0. The van der Waals surface area contributed by atoms with Crippen LogP contribution >= 0.6 is 41.9 Å². The van der Waals surface area contributed by atoms with Crippen LogP contribution in [0.5, 0.6) is 0 Å². The molecule has 3 heterocycles. The van der Waals surface area contributed by atoms with Crippen LogP contribution in [0.25, 0.3) is 22.3 Å². The Morgan fingerprint density at radius 3 is 2.47 bits per heavy atom. The van der Waals surface area contributed by atoms with Crippen molar-refractivity contribution in [2.45, 2.75) is 32.9 Å². The van der Waals surface area contributed by atoms with Gasteiger partial charge in [-0.25, -0.2) is 14.8 Å². The molecule has 3 aromatic rings. The Hall–Kier alpha value is -1.56. The molecule has 32 heavy (non-hydrogen) atoms. The lowest BCUT2D eigenvalue weighted by Gasteiger charge is -2.35. The lowest BCUT2D eigenvalue weighted by atomic mass is 10.1. The van der Waals surface area contributed by atoms with Crippen LogP contribution < -0.4 is 0 Å². The second-order valence-electron chi connectivity index (χ2n) is 8.74. The summed E-state index contributed by atoms with van der Waals surface area (Å²) in [5.41, 5.74) is 3.73. The fraction of sp³-hybridized carbons (Fsp3) is 0.409. The first-order valence-corrected chi connectivity index (χ1v) is 14.1. The Labute approximate surface area is 209 Å². The van der Waals surface area contributed by atoms with Crippen molar-refractivity contribution in [1.82, 2.24) is 23.7 Å². The Morgan fingerprint density at radius 1 is 1.16 bits per heavy atom. The van der Waals surface area contributed by atoms with Gasteiger partial charge in [-0.05, 0) is 38.0 Å². The molecule has 0 atom stereocenters. The summed E-state index contributed by atoms with van der Waals surface area (Å²) in [5, 5.41) is 1.31. The summed E-state index contributed by atoms with van der Waals surface area (Å²) in [7, 11) is 1.56. The second-order valence-corrected chi connectivity index (χ2v) is 10.8. The monoisotopic (exact) mass is 585 g/mol.